The lowest BCUT2D eigenvalue weighted by Crippen LogP contribution is -2.13. The Morgan fingerprint density at radius 3 is 2.87 bits per heavy atom. The third kappa shape index (κ3) is 4.56. The maximum absolute atomic E-state index is 6.18. The number of nitrogens with two attached hydrogens (primary N) is 1. The Morgan fingerprint density at radius 2 is 2.17 bits per heavy atom. The number of anilines is 1. The number of hydrogen-bond acceptors (Lipinski definition) is 2. The Balaban J connectivity index is 2.34. The summed E-state index contributed by atoms with van der Waals surface area (Å²) < 4.78 is 0. The summed E-state index contributed by atoms with van der Waals surface area (Å²) in [5, 5.41) is 0. The van der Waals surface area contributed by atoms with Crippen molar-refractivity contribution in [3.63, 3.8) is 0 Å². The van der Waals surface area contributed by atoms with Crippen molar-refractivity contribution in [3.8, 4) is 0 Å². The Morgan fingerprint density at radius 1 is 1.35 bits per heavy atom. The van der Waals surface area contributed by atoms with Crippen LogP contribution in [0.5, 0.6) is 0 Å². The van der Waals surface area contributed by atoms with Gasteiger partial charge in [0.25, 0.3) is 0 Å². The normalized spacial score (nSPS) is 17.8. The van der Waals surface area contributed by atoms with Gasteiger partial charge in [0.2, 0.25) is 0 Å². The number of nitrogen functional groups attached to an aromatic ring is 1. The van der Waals surface area contributed by atoms with Crippen LogP contribution in [0, 0.1) is 19.8 Å². The summed E-state index contributed by atoms with van der Waals surface area (Å²) in [4.78, 5) is 4.99. The predicted molar refractivity (Wildman–Crippen MR) is 102 cm³/mol. The zero-order valence-corrected chi connectivity index (χ0v) is 14.1. The average Bonchev–Trinajstić information content (AvgIpc) is 2.58. The van der Waals surface area contributed by atoms with E-state index < -0.39 is 0 Å². The molecule has 1 aliphatic rings. The van der Waals surface area contributed by atoms with E-state index in [-0.39, 0.29) is 0 Å². The summed E-state index contributed by atoms with van der Waals surface area (Å²) in [6, 6.07) is 4.01. The summed E-state index contributed by atoms with van der Waals surface area (Å²) in [5.41, 5.74) is 11.4. The molecule has 1 atom stereocenters. The fourth-order valence-electron chi connectivity index (χ4n) is 2.69. The number of nitrogens with zero attached hydrogens (tertiary/aromatic N) is 1. The van der Waals surface area contributed by atoms with E-state index in [9.17, 15) is 0 Å². The quantitative estimate of drug-likeness (QED) is 0.414. The van der Waals surface area contributed by atoms with E-state index in [4.69, 9.17) is 10.7 Å². The van der Waals surface area contributed by atoms with Gasteiger partial charge in [0.1, 0.15) is 0 Å². The molecule has 2 N–H and O–H groups in total. The van der Waals surface area contributed by atoms with Crippen LogP contribution in [0.15, 0.2) is 66.2 Å². The molecule has 1 aromatic rings. The molecular formula is C21H26N2. The Labute approximate surface area is 139 Å². The molecule has 0 radical (unpaired) electrons. The molecule has 0 bridgehead atoms. The van der Waals surface area contributed by atoms with E-state index in [0.717, 1.165) is 30.6 Å². The molecule has 120 valence electrons. The maximum Gasteiger partial charge on any atom is 0.0890 e. The smallest absolute Gasteiger partial charge is 0.0890 e. The van der Waals surface area contributed by atoms with E-state index >= 15 is 0 Å². The largest absolute Gasteiger partial charge is 0.397 e. The first-order valence-corrected chi connectivity index (χ1v) is 8.17. The molecule has 1 aromatic carbocycles. The fourth-order valence-corrected chi connectivity index (χ4v) is 2.69. The van der Waals surface area contributed by atoms with Crippen LogP contribution in [0.4, 0.5) is 11.4 Å². The molecule has 0 saturated heterocycles. The van der Waals surface area contributed by atoms with Crippen LogP contribution in [0.2, 0.25) is 0 Å². The molecule has 0 spiro atoms. The zero-order valence-electron chi connectivity index (χ0n) is 14.1. The van der Waals surface area contributed by atoms with Gasteiger partial charge in [0.05, 0.1) is 11.4 Å². The fraction of sp³-hybridized carbons (Fsp3) is 0.286. The molecule has 2 nitrogen and oxygen atoms in total. The highest BCUT2D eigenvalue weighted by atomic mass is 14.8. The topological polar surface area (TPSA) is 38.4 Å². The molecule has 2 rings (SSSR count). The van der Waals surface area contributed by atoms with Crippen LogP contribution < -0.4 is 5.73 Å². The van der Waals surface area contributed by atoms with Gasteiger partial charge in [-0.1, -0.05) is 55.2 Å². The molecule has 0 saturated carbocycles. The minimum atomic E-state index is 0.358. The molecule has 1 aliphatic carbocycles. The van der Waals surface area contributed by atoms with Gasteiger partial charge in [0.15, 0.2) is 0 Å². The van der Waals surface area contributed by atoms with Gasteiger partial charge in [-0.2, -0.15) is 0 Å². The average molecular weight is 306 g/mol. The van der Waals surface area contributed by atoms with E-state index in [2.05, 4.69) is 56.9 Å². The van der Waals surface area contributed by atoms with E-state index in [1.807, 2.05) is 18.2 Å². The highest BCUT2D eigenvalue weighted by Crippen LogP contribution is 2.31. The van der Waals surface area contributed by atoms with E-state index in [0.29, 0.717) is 5.92 Å². The van der Waals surface area contributed by atoms with Crippen LogP contribution >= 0.6 is 0 Å². The number of allylic oxidation sites excluding steroid dienone is 7. The first-order valence-electron chi connectivity index (χ1n) is 8.17. The summed E-state index contributed by atoms with van der Waals surface area (Å²) in [5.74, 6) is 0.358. The summed E-state index contributed by atoms with van der Waals surface area (Å²) >= 11 is 0. The Bertz CT molecular complexity index is 675. The van der Waals surface area contributed by atoms with Crippen LogP contribution in [-0.4, -0.2) is 5.71 Å². The van der Waals surface area contributed by atoms with Crippen molar-refractivity contribution in [3.05, 3.63) is 72.4 Å². The number of hydrogen-bond donors (Lipinski definition) is 1. The highest BCUT2D eigenvalue weighted by Gasteiger charge is 2.15. The van der Waals surface area contributed by atoms with Crippen LogP contribution in [-0.2, 0) is 0 Å². The third-order valence-electron chi connectivity index (χ3n) is 4.24. The standard InChI is InChI=1S/C21H26N2/c1-4-5-6-10-13-20(18-11-8-7-9-12-18)23-21-17(3)16(2)14-15-19(21)22/h4-9,11,14-15,18H,1,10,12-13,22H2,2-3H3/b6-5-,23-20?. The lowest BCUT2D eigenvalue weighted by molar-refractivity contribution is 0.834. The highest BCUT2D eigenvalue weighted by molar-refractivity contribution is 5.92. The molecule has 0 aliphatic heterocycles. The summed E-state index contributed by atoms with van der Waals surface area (Å²) in [6.45, 7) is 7.91. The maximum atomic E-state index is 6.18. The second-order valence-corrected chi connectivity index (χ2v) is 5.91. The SMILES string of the molecule is C=C/C=C\CCC(=Nc1c(N)ccc(C)c1C)C1C=CC=CC1. The first kappa shape index (κ1) is 17.0. The van der Waals surface area contributed by atoms with Crippen molar-refractivity contribution in [1.82, 2.24) is 0 Å². The summed E-state index contributed by atoms with van der Waals surface area (Å²) in [6.07, 6.45) is 17.5. The van der Waals surface area contributed by atoms with Gasteiger partial charge in [0, 0.05) is 11.6 Å². The molecular weight excluding hydrogens is 280 g/mol. The van der Waals surface area contributed by atoms with Crippen molar-refractivity contribution in [2.24, 2.45) is 10.9 Å². The molecule has 0 aromatic heterocycles. The predicted octanol–water partition coefficient (Wildman–Crippen LogP) is 5.61. The van der Waals surface area contributed by atoms with E-state index in [1.54, 1.807) is 0 Å². The molecule has 0 heterocycles. The minimum absolute atomic E-state index is 0.358. The van der Waals surface area contributed by atoms with E-state index in [1.165, 1.54) is 16.8 Å². The van der Waals surface area contributed by atoms with Crippen LogP contribution in [0.3, 0.4) is 0 Å². The lowest BCUT2D eigenvalue weighted by Gasteiger charge is -2.18. The summed E-state index contributed by atoms with van der Waals surface area (Å²) in [7, 11) is 0. The molecule has 0 amide bonds. The van der Waals surface area contributed by atoms with Crippen molar-refractivity contribution in [2.75, 3.05) is 5.73 Å². The molecule has 2 heteroatoms. The van der Waals surface area contributed by atoms with Crippen molar-refractivity contribution < 1.29 is 0 Å². The Hall–Kier alpha value is -2.35. The Kier molecular flexibility index (Phi) is 6.16. The number of aryl methyl sites for hydroxylation is 1. The third-order valence-corrected chi connectivity index (χ3v) is 4.24. The van der Waals surface area contributed by atoms with Gasteiger partial charge in [-0.15, -0.1) is 0 Å². The minimum Gasteiger partial charge on any atom is -0.397 e. The van der Waals surface area contributed by atoms with Gasteiger partial charge in [-0.25, -0.2) is 0 Å². The number of aliphatic imine (C=N–C) groups is 1. The van der Waals surface area contributed by atoms with Gasteiger partial charge >= 0.3 is 0 Å². The monoisotopic (exact) mass is 306 g/mol. The second kappa shape index (κ2) is 8.33. The van der Waals surface area contributed by atoms with Gasteiger partial charge in [-0.05, 0) is 50.3 Å². The van der Waals surface area contributed by atoms with Crippen molar-refractivity contribution in [1.29, 1.82) is 0 Å². The molecule has 0 fully saturated rings. The lowest BCUT2D eigenvalue weighted by atomic mass is 9.92. The first-order chi connectivity index (χ1) is 11.1. The number of rotatable bonds is 6. The second-order valence-electron chi connectivity index (χ2n) is 5.91. The van der Waals surface area contributed by atoms with Crippen molar-refractivity contribution in [2.45, 2.75) is 33.1 Å². The van der Waals surface area contributed by atoms with Crippen molar-refractivity contribution >= 4 is 17.1 Å². The van der Waals surface area contributed by atoms with Crippen LogP contribution in [0.1, 0.15) is 30.4 Å². The van der Waals surface area contributed by atoms with Gasteiger partial charge in [-0.3, -0.25) is 4.99 Å². The molecule has 1 unspecified atom stereocenters. The van der Waals surface area contributed by atoms with Gasteiger partial charge < -0.3 is 5.73 Å². The number of benzene rings is 1. The van der Waals surface area contributed by atoms with Crippen LogP contribution in [0.25, 0.3) is 0 Å². The zero-order chi connectivity index (χ0) is 16.7. The molecule has 23 heavy (non-hydrogen) atoms.